The topological polar surface area (TPSA) is 154 Å². The predicted molar refractivity (Wildman–Crippen MR) is 160 cm³/mol. The standard InChI is InChI=1S/C31H39FN6O7/c1-4-5-14-44-30(41)37-12-10-36(11-13-37)29(40)25(18(2)3)35-28(39)23-15-24(34-27(33-23)19-8-6-7-9-22(19)32)38-16-20-21(17-38)26(20)45-31(42)43/h6-9,15,18,20-21,25-26H,4-5,10-14,16-17H2,1-3H3,(H,35,39)(H,42,43)/t20-,21+,25-,26?/m0/s1. The third-order valence-electron chi connectivity index (χ3n) is 8.53. The highest BCUT2D eigenvalue weighted by molar-refractivity contribution is 5.97. The van der Waals surface area contributed by atoms with Crippen LogP contribution in [0.3, 0.4) is 0 Å². The van der Waals surface area contributed by atoms with Crippen molar-refractivity contribution >= 4 is 29.9 Å². The summed E-state index contributed by atoms with van der Waals surface area (Å²) < 4.78 is 25.0. The molecule has 4 atom stereocenters. The van der Waals surface area contributed by atoms with Gasteiger partial charge in [-0.1, -0.05) is 39.3 Å². The summed E-state index contributed by atoms with van der Waals surface area (Å²) in [5.41, 5.74) is 0.0858. The fourth-order valence-corrected chi connectivity index (χ4v) is 5.86. The van der Waals surface area contributed by atoms with Crippen LogP contribution in [0, 0.1) is 23.6 Å². The van der Waals surface area contributed by atoms with Gasteiger partial charge in [-0.25, -0.2) is 23.9 Å². The Labute approximate surface area is 260 Å². The minimum absolute atomic E-state index is 0.00635. The number of piperazine rings is 1. The summed E-state index contributed by atoms with van der Waals surface area (Å²) in [4.78, 5) is 64.6. The number of aromatic nitrogens is 2. The molecule has 2 saturated heterocycles. The van der Waals surface area contributed by atoms with Gasteiger partial charge in [-0.05, 0) is 24.5 Å². The second kappa shape index (κ2) is 13.7. The molecule has 5 rings (SSSR count). The first-order chi connectivity index (χ1) is 21.6. The van der Waals surface area contributed by atoms with Crippen molar-refractivity contribution in [3.63, 3.8) is 0 Å². The number of carbonyl (C=O) groups excluding carboxylic acids is 3. The number of carboxylic acid groups (broad SMARTS) is 1. The molecule has 1 unspecified atom stereocenters. The maximum Gasteiger partial charge on any atom is 0.506 e. The number of piperidine rings is 1. The lowest BCUT2D eigenvalue weighted by Crippen LogP contribution is -2.57. The van der Waals surface area contributed by atoms with Gasteiger partial charge < -0.3 is 34.6 Å². The molecule has 0 spiro atoms. The van der Waals surface area contributed by atoms with Crippen molar-refractivity contribution < 1.29 is 38.1 Å². The molecular formula is C31H39FN6O7. The van der Waals surface area contributed by atoms with Gasteiger partial charge in [-0.3, -0.25) is 9.59 Å². The highest BCUT2D eigenvalue weighted by Gasteiger charge is 2.59. The number of halogens is 1. The minimum Gasteiger partial charge on any atom is -0.450 e. The second-order valence-electron chi connectivity index (χ2n) is 12.0. The highest BCUT2D eigenvalue weighted by atomic mass is 19.1. The minimum atomic E-state index is -1.31. The third kappa shape index (κ3) is 7.26. The number of carbonyl (C=O) groups is 4. The van der Waals surface area contributed by atoms with Crippen molar-refractivity contribution in [2.75, 3.05) is 50.8 Å². The molecule has 0 bridgehead atoms. The fourth-order valence-electron chi connectivity index (χ4n) is 5.86. The summed E-state index contributed by atoms with van der Waals surface area (Å²) in [6, 6.07) is 6.62. The van der Waals surface area contributed by atoms with Crippen molar-refractivity contribution in [2.24, 2.45) is 17.8 Å². The van der Waals surface area contributed by atoms with Gasteiger partial charge in [0.15, 0.2) is 5.82 Å². The van der Waals surface area contributed by atoms with Gasteiger partial charge in [0, 0.05) is 57.2 Å². The van der Waals surface area contributed by atoms with E-state index in [4.69, 9.17) is 14.6 Å². The van der Waals surface area contributed by atoms with Gasteiger partial charge in [0.25, 0.3) is 5.91 Å². The fraction of sp³-hybridized carbons (Fsp3) is 0.548. The van der Waals surface area contributed by atoms with Crippen LogP contribution in [-0.2, 0) is 14.3 Å². The van der Waals surface area contributed by atoms with Crippen molar-refractivity contribution in [1.29, 1.82) is 0 Å². The van der Waals surface area contributed by atoms with Crippen LogP contribution in [0.15, 0.2) is 30.3 Å². The Morgan fingerprint density at radius 1 is 1.04 bits per heavy atom. The van der Waals surface area contributed by atoms with Gasteiger partial charge >= 0.3 is 12.2 Å². The molecule has 242 valence electrons. The van der Waals surface area contributed by atoms with Crippen molar-refractivity contribution in [3.05, 3.63) is 41.8 Å². The zero-order valence-corrected chi connectivity index (χ0v) is 25.6. The van der Waals surface area contributed by atoms with E-state index in [0.29, 0.717) is 51.7 Å². The number of anilines is 1. The number of nitrogens with zero attached hydrogens (tertiary/aromatic N) is 5. The SMILES string of the molecule is CCCCOC(=O)N1CCN(C(=O)[C@@H](NC(=O)c2cc(N3C[C@@H]4C(OC(=O)O)[C@@H]4C3)nc(-c3ccccc3F)n2)C(C)C)CC1. The van der Waals surface area contributed by atoms with E-state index in [1.165, 1.54) is 18.2 Å². The summed E-state index contributed by atoms with van der Waals surface area (Å²) in [7, 11) is 0. The monoisotopic (exact) mass is 626 g/mol. The number of hydrogen-bond acceptors (Lipinski definition) is 9. The van der Waals surface area contributed by atoms with Crippen LogP contribution in [0.2, 0.25) is 0 Å². The van der Waals surface area contributed by atoms with E-state index in [1.807, 2.05) is 25.7 Å². The summed E-state index contributed by atoms with van der Waals surface area (Å²) in [5, 5.41) is 11.8. The number of amides is 3. The second-order valence-corrected chi connectivity index (χ2v) is 12.0. The average Bonchev–Trinajstić information content (AvgIpc) is 3.43. The number of hydrogen-bond donors (Lipinski definition) is 2. The normalized spacial score (nSPS) is 21.3. The highest BCUT2D eigenvalue weighted by Crippen LogP contribution is 2.48. The molecule has 1 aliphatic carbocycles. The molecule has 3 amide bonds. The molecule has 1 saturated carbocycles. The Kier molecular flexibility index (Phi) is 9.68. The van der Waals surface area contributed by atoms with Crippen molar-refractivity contribution in [2.45, 2.75) is 45.8 Å². The van der Waals surface area contributed by atoms with E-state index >= 15 is 0 Å². The summed E-state index contributed by atoms with van der Waals surface area (Å²) >= 11 is 0. The van der Waals surface area contributed by atoms with E-state index in [9.17, 15) is 23.6 Å². The van der Waals surface area contributed by atoms with E-state index in [2.05, 4.69) is 15.3 Å². The molecule has 13 nitrogen and oxygen atoms in total. The number of fused-ring (bicyclic) bond motifs is 1. The Hall–Kier alpha value is -4.49. The molecule has 2 aromatic rings. The smallest absolute Gasteiger partial charge is 0.450 e. The molecule has 3 fully saturated rings. The van der Waals surface area contributed by atoms with Crippen LogP contribution in [-0.4, -0.2) is 107 Å². The Morgan fingerprint density at radius 2 is 1.71 bits per heavy atom. The van der Waals surface area contributed by atoms with Gasteiger partial charge in [-0.2, -0.15) is 0 Å². The first kappa shape index (κ1) is 31.9. The van der Waals surface area contributed by atoms with Crippen molar-refractivity contribution in [1.82, 2.24) is 25.1 Å². The molecule has 45 heavy (non-hydrogen) atoms. The first-order valence-corrected chi connectivity index (χ1v) is 15.4. The molecule has 0 radical (unpaired) electrons. The molecule has 1 aromatic heterocycles. The van der Waals surface area contributed by atoms with E-state index in [1.54, 1.807) is 21.9 Å². The third-order valence-corrected chi connectivity index (χ3v) is 8.53. The maximum absolute atomic E-state index is 14.8. The van der Waals surface area contributed by atoms with Gasteiger partial charge in [0.1, 0.15) is 29.5 Å². The van der Waals surface area contributed by atoms with Gasteiger partial charge in [-0.15, -0.1) is 0 Å². The number of benzene rings is 1. The zero-order chi connectivity index (χ0) is 32.2. The molecule has 14 heteroatoms. The van der Waals surface area contributed by atoms with Crippen molar-refractivity contribution in [3.8, 4) is 11.4 Å². The maximum atomic E-state index is 14.8. The zero-order valence-electron chi connectivity index (χ0n) is 25.6. The lowest BCUT2D eigenvalue weighted by molar-refractivity contribution is -0.136. The first-order valence-electron chi connectivity index (χ1n) is 15.4. The van der Waals surface area contributed by atoms with Crippen LogP contribution in [0.1, 0.15) is 44.1 Å². The van der Waals surface area contributed by atoms with Crippen LogP contribution in [0.25, 0.3) is 11.4 Å². The van der Waals surface area contributed by atoms with Crippen LogP contribution in [0.5, 0.6) is 0 Å². The Morgan fingerprint density at radius 3 is 2.33 bits per heavy atom. The number of nitrogens with one attached hydrogen (secondary N) is 1. The average molecular weight is 627 g/mol. The molecule has 3 heterocycles. The lowest BCUT2D eigenvalue weighted by atomic mass is 10.0. The predicted octanol–water partition coefficient (Wildman–Crippen LogP) is 3.25. The molecule has 2 N–H and O–H groups in total. The van der Waals surface area contributed by atoms with Crippen LogP contribution >= 0.6 is 0 Å². The van der Waals surface area contributed by atoms with Crippen LogP contribution < -0.4 is 10.2 Å². The lowest BCUT2D eigenvalue weighted by Gasteiger charge is -2.36. The largest absolute Gasteiger partial charge is 0.506 e. The molecule has 2 aliphatic heterocycles. The molecular weight excluding hydrogens is 587 g/mol. The summed E-state index contributed by atoms with van der Waals surface area (Å²) in [5.74, 6) is -1.28. The Bertz CT molecular complexity index is 1420. The number of ether oxygens (including phenoxy) is 2. The van der Waals surface area contributed by atoms with Crippen LogP contribution in [0.4, 0.5) is 19.8 Å². The molecule has 3 aliphatic rings. The number of unbranched alkanes of at least 4 members (excludes halogenated alkanes) is 1. The molecule has 1 aromatic carbocycles. The Balaban J connectivity index is 1.30. The summed E-state index contributed by atoms with van der Waals surface area (Å²) in [6.07, 6.45) is -0.376. The van der Waals surface area contributed by atoms with Gasteiger partial charge in [0.05, 0.1) is 12.2 Å². The number of rotatable bonds is 10. The van der Waals surface area contributed by atoms with Gasteiger partial charge in [0.2, 0.25) is 5.91 Å². The van der Waals surface area contributed by atoms with E-state index in [-0.39, 0.29) is 46.8 Å². The quantitative estimate of drug-likeness (QED) is 0.297. The summed E-state index contributed by atoms with van der Waals surface area (Å²) in [6.45, 7) is 8.21. The van der Waals surface area contributed by atoms with E-state index in [0.717, 1.165) is 12.8 Å². The van der Waals surface area contributed by atoms with E-state index < -0.39 is 30.0 Å².